The van der Waals surface area contributed by atoms with Crippen molar-refractivity contribution >= 4 is 11.6 Å². The van der Waals surface area contributed by atoms with E-state index in [2.05, 4.69) is 15.5 Å². The summed E-state index contributed by atoms with van der Waals surface area (Å²) in [5.74, 6) is 1.19. The first-order valence-electron chi connectivity index (χ1n) is 3.24. The number of hydrogen-bond acceptors (Lipinski definition) is 3. The van der Waals surface area contributed by atoms with Crippen LogP contribution in [0.25, 0.3) is 0 Å². The summed E-state index contributed by atoms with van der Waals surface area (Å²) in [6.07, 6.45) is 2.38. The van der Waals surface area contributed by atoms with E-state index in [0.717, 1.165) is 5.82 Å². The minimum atomic E-state index is 0.406. The summed E-state index contributed by atoms with van der Waals surface area (Å²) in [4.78, 5) is 0. The second-order valence-electron chi connectivity index (χ2n) is 2.40. The number of halogens is 1. The lowest BCUT2D eigenvalue weighted by Crippen LogP contribution is -2.00. The Morgan fingerprint density at radius 3 is 3.00 bits per heavy atom. The number of alkyl halides is 1. The maximum atomic E-state index is 5.58. The highest BCUT2D eigenvalue weighted by Crippen LogP contribution is 2.34. The summed E-state index contributed by atoms with van der Waals surface area (Å²) < 4.78 is 1.81. The summed E-state index contributed by atoms with van der Waals surface area (Å²) in [5, 5.41) is 11.1. The number of aromatic nitrogens is 4. The SMILES string of the molecule is ClCc1nnnn1C1CC1. The highest BCUT2D eigenvalue weighted by Gasteiger charge is 2.27. The van der Waals surface area contributed by atoms with Gasteiger partial charge in [0.1, 0.15) is 0 Å². The molecule has 0 radical (unpaired) electrons. The maximum absolute atomic E-state index is 5.58. The third-order valence-electron chi connectivity index (χ3n) is 1.57. The van der Waals surface area contributed by atoms with E-state index >= 15 is 0 Å². The predicted molar refractivity (Wildman–Crippen MR) is 35.6 cm³/mol. The third kappa shape index (κ3) is 0.883. The highest BCUT2D eigenvalue weighted by molar-refractivity contribution is 6.16. The van der Waals surface area contributed by atoms with Gasteiger partial charge in [-0.3, -0.25) is 0 Å². The van der Waals surface area contributed by atoms with Crippen LogP contribution < -0.4 is 0 Å². The standard InChI is InChI=1S/C5H7ClN4/c6-3-5-7-8-9-10(5)4-1-2-4/h4H,1-3H2. The molecule has 2 rings (SSSR count). The molecule has 0 atom stereocenters. The first-order chi connectivity index (χ1) is 4.92. The van der Waals surface area contributed by atoms with E-state index in [1.54, 1.807) is 0 Å². The van der Waals surface area contributed by atoms with Gasteiger partial charge in [0.15, 0.2) is 5.82 Å². The normalized spacial score (nSPS) is 17.7. The van der Waals surface area contributed by atoms with Gasteiger partial charge < -0.3 is 0 Å². The van der Waals surface area contributed by atoms with Crippen LogP contribution in [-0.2, 0) is 5.88 Å². The maximum Gasteiger partial charge on any atom is 0.166 e. The Balaban J connectivity index is 2.28. The van der Waals surface area contributed by atoms with Crippen molar-refractivity contribution in [3.63, 3.8) is 0 Å². The van der Waals surface area contributed by atoms with E-state index in [4.69, 9.17) is 11.6 Å². The minimum Gasteiger partial charge on any atom is -0.225 e. The van der Waals surface area contributed by atoms with Gasteiger partial charge in [-0.15, -0.1) is 16.7 Å². The molecule has 1 aromatic rings. The van der Waals surface area contributed by atoms with Crippen molar-refractivity contribution < 1.29 is 0 Å². The van der Waals surface area contributed by atoms with Crippen LogP contribution in [0.3, 0.4) is 0 Å². The molecule has 54 valence electrons. The zero-order valence-corrected chi connectivity index (χ0v) is 6.12. The topological polar surface area (TPSA) is 43.6 Å². The minimum absolute atomic E-state index is 0.406. The van der Waals surface area contributed by atoms with Crippen molar-refractivity contribution in [3.8, 4) is 0 Å². The quantitative estimate of drug-likeness (QED) is 0.597. The van der Waals surface area contributed by atoms with Gasteiger partial charge >= 0.3 is 0 Å². The Hall–Kier alpha value is -0.640. The third-order valence-corrected chi connectivity index (χ3v) is 1.81. The molecule has 1 aliphatic carbocycles. The van der Waals surface area contributed by atoms with Crippen molar-refractivity contribution in [1.29, 1.82) is 0 Å². The molecule has 1 fully saturated rings. The first-order valence-corrected chi connectivity index (χ1v) is 3.78. The second-order valence-corrected chi connectivity index (χ2v) is 2.67. The van der Waals surface area contributed by atoms with Gasteiger partial charge in [0.05, 0.1) is 11.9 Å². The average molecular weight is 159 g/mol. The molecular formula is C5H7ClN4. The van der Waals surface area contributed by atoms with Crippen LogP contribution in [0.1, 0.15) is 24.7 Å². The fourth-order valence-corrected chi connectivity index (χ4v) is 1.08. The van der Waals surface area contributed by atoms with Crippen molar-refractivity contribution in [2.45, 2.75) is 24.8 Å². The lowest BCUT2D eigenvalue weighted by atomic mass is 10.6. The van der Waals surface area contributed by atoms with Crippen LogP contribution in [0, 0.1) is 0 Å². The lowest BCUT2D eigenvalue weighted by Gasteiger charge is -1.95. The Morgan fingerprint density at radius 1 is 1.60 bits per heavy atom. The number of nitrogens with zero attached hydrogens (tertiary/aromatic N) is 4. The summed E-state index contributed by atoms with van der Waals surface area (Å²) in [6.45, 7) is 0. The van der Waals surface area contributed by atoms with Crippen molar-refractivity contribution in [1.82, 2.24) is 20.2 Å². The van der Waals surface area contributed by atoms with E-state index in [1.165, 1.54) is 12.8 Å². The van der Waals surface area contributed by atoms with Gasteiger partial charge in [-0.25, -0.2) is 4.68 Å². The molecule has 0 aliphatic heterocycles. The van der Waals surface area contributed by atoms with Crippen LogP contribution in [0.4, 0.5) is 0 Å². The molecule has 1 heterocycles. The Kier molecular flexibility index (Phi) is 1.34. The molecule has 0 bridgehead atoms. The van der Waals surface area contributed by atoms with E-state index < -0.39 is 0 Å². The molecule has 1 aromatic heterocycles. The van der Waals surface area contributed by atoms with Crippen LogP contribution in [0.15, 0.2) is 0 Å². The molecule has 0 spiro atoms. The molecule has 0 amide bonds. The summed E-state index contributed by atoms with van der Waals surface area (Å²) in [5.41, 5.74) is 0. The highest BCUT2D eigenvalue weighted by atomic mass is 35.5. The van der Waals surface area contributed by atoms with E-state index in [1.807, 2.05) is 4.68 Å². The Labute approximate surface area is 63.2 Å². The van der Waals surface area contributed by atoms with Gasteiger partial charge in [0.25, 0.3) is 0 Å². The molecule has 4 nitrogen and oxygen atoms in total. The van der Waals surface area contributed by atoms with Crippen molar-refractivity contribution in [2.75, 3.05) is 0 Å². The van der Waals surface area contributed by atoms with E-state index in [0.29, 0.717) is 11.9 Å². The van der Waals surface area contributed by atoms with Crippen LogP contribution in [0.5, 0.6) is 0 Å². The molecule has 0 saturated heterocycles. The van der Waals surface area contributed by atoms with Gasteiger partial charge in [-0.1, -0.05) is 0 Å². The molecule has 1 saturated carbocycles. The lowest BCUT2D eigenvalue weighted by molar-refractivity contribution is 0.593. The predicted octanol–water partition coefficient (Wildman–Crippen LogP) is 0.747. The van der Waals surface area contributed by atoms with Crippen molar-refractivity contribution in [3.05, 3.63) is 5.82 Å². The molecule has 0 aromatic carbocycles. The van der Waals surface area contributed by atoms with Crippen LogP contribution >= 0.6 is 11.6 Å². The molecule has 0 unspecified atom stereocenters. The number of hydrogen-bond donors (Lipinski definition) is 0. The van der Waals surface area contributed by atoms with Gasteiger partial charge in [-0.2, -0.15) is 0 Å². The molecular weight excluding hydrogens is 152 g/mol. The summed E-state index contributed by atoms with van der Waals surface area (Å²) in [7, 11) is 0. The summed E-state index contributed by atoms with van der Waals surface area (Å²) in [6, 6.07) is 0.531. The fourth-order valence-electron chi connectivity index (χ4n) is 0.903. The zero-order valence-electron chi connectivity index (χ0n) is 5.37. The van der Waals surface area contributed by atoms with Gasteiger partial charge in [-0.05, 0) is 23.3 Å². The van der Waals surface area contributed by atoms with E-state index in [9.17, 15) is 0 Å². The Bertz CT molecular complexity index is 229. The summed E-state index contributed by atoms with van der Waals surface area (Å²) >= 11 is 5.58. The van der Waals surface area contributed by atoms with Crippen LogP contribution in [-0.4, -0.2) is 20.2 Å². The average Bonchev–Trinajstić information content (AvgIpc) is 2.69. The molecule has 5 heteroatoms. The van der Waals surface area contributed by atoms with Gasteiger partial charge in [0.2, 0.25) is 0 Å². The largest absolute Gasteiger partial charge is 0.225 e. The van der Waals surface area contributed by atoms with Crippen LogP contribution in [0.2, 0.25) is 0 Å². The monoisotopic (exact) mass is 158 g/mol. The smallest absolute Gasteiger partial charge is 0.166 e. The first kappa shape index (κ1) is 6.09. The number of tetrazole rings is 1. The fraction of sp³-hybridized carbons (Fsp3) is 0.800. The van der Waals surface area contributed by atoms with Gasteiger partial charge in [0, 0.05) is 0 Å². The zero-order chi connectivity index (χ0) is 6.97. The molecule has 1 aliphatic rings. The molecule has 10 heavy (non-hydrogen) atoms. The van der Waals surface area contributed by atoms with E-state index in [-0.39, 0.29) is 0 Å². The van der Waals surface area contributed by atoms with Crippen molar-refractivity contribution in [2.24, 2.45) is 0 Å². The Morgan fingerprint density at radius 2 is 2.40 bits per heavy atom. The molecule has 0 N–H and O–H groups in total. The number of rotatable bonds is 2. The second kappa shape index (κ2) is 2.20.